The summed E-state index contributed by atoms with van der Waals surface area (Å²) in [6, 6.07) is 10.3. The quantitative estimate of drug-likeness (QED) is 0.207. The van der Waals surface area contributed by atoms with E-state index >= 15 is 0 Å². The van der Waals surface area contributed by atoms with Crippen molar-refractivity contribution in [2.45, 2.75) is 50.8 Å². The van der Waals surface area contributed by atoms with Crippen LogP contribution in [-0.4, -0.2) is 52.5 Å². The van der Waals surface area contributed by atoms with Crippen molar-refractivity contribution in [3.05, 3.63) is 66.9 Å². The van der Waals surface area contributed by atoms with Gasteiger partial charge in [0, 0.05) is 41.6 Å². The molecule has 1 aliphatic carbocycles. The number of amides is 1. The number of ether oxygens (including phenoxy) is 3. The standard InChI is InChI=1S/C30H33FN6O5/c1-40-27-14-23-25(35-21-16-34-37(17-21)18-29(38)36-20-6-4-5-19(31)13-20)9-11-33-26(23)15-28(27)41-12-10-24(32)30(39)42-22-7-2-3-8-22/h4-6,9,11,13-17,22,24H,2-3,7-8,10,12,18,32H2,1H3,(H,33,35)(H,36,38). The number of anilines is 3. The molecule has 2 aromatic heterocycles. The maximum atomic E-state index is 13.4. The van der Waals surface area contributed by atoms with E-state index in [1.165, 1.54) is 22.9 Å². The number of carbonyl (C=O) groups is 2. The molecule has 2 heterocycles. The second-order valence-electron chi connectivity index (χ2n) is 10.1. The van der Waals surface area contributed by atoms with Crippen LogP contribution in [0.2, 0.25) is 0 Å². The zero-order valence-corrected chi connectivity index (χ0v) is 23.2. The Kier molecular flexibility index (Phi) is 9.12. The second kappa shape index (κ2) is 13.3. The van der Waals surface area contributed by atoms with E-state index in [0.717, 1.165) is 36.8 Å². The van der Waals surface area contributed by atoms with Gasteiger partial charge in [-0.2, -0.15) is 5.10 Å². The molecule has 1 fully saturated rings. The third-order valence-electron chi connectivity index (χ3n) is 6.93. The van der Waals surface area contributed by atoms with E-state index in [2.05, 4.69) is 20.7 Å². The number of hydrogen-bond acceptors (Lipinski definition) is 9. The highest BCUT2D eigenvalue weighted by molar-refractivity contribution is 5.95. The number of carbonyl (C=O) groups excluding carboxylic acids is 2. The van der Waals surface area contributed by atoms with Gasteiger partial charge < -0.3 is 30.6 Å². The first kappa shape index (κ1) is 28.8. The maximum Gasteiger partial charge on any atom is 0.323 e. The zero-order chi connectivity index (χ0) is 29.5. The lowest BCUT2D eigenvalue weighted by Crippen LogP contribution is -2.35. The van der Waals surface area contributed by atoms with E-state index in [0.29, 0.717) is 34.8 Å². The number of benzene rings is 2. The van der Waals surface area contributed by atoms with Crippen molar-refractivity contribution in [3.63, 3.8) is 0 Å². The third-order valence-corrected chi connectivity index (χ3v) is 6.93. The molecule has 1 aliphatic rings. The molecule has 0 spiro atoms. The first-order valence-electron chi connectivity index (χ1n) is 13.8. The molecule has 11 nitrogen and oxygen atoms in total. The molecule has 4 aromatic rings. The summed E-state index contributed by atoms with van der Waals surface area (Å²) in [7, 11) is 1.54. The number of nitrogens with one attached hydrogen (secondary N) is 2. The monoisotopic (exact) mass is 576 g/mol. The molecule has 220 valence electrons. The van der Waals surface area contributed by atoms with Gasteiger partial charge in [-0.15, -0.1) is 0 Å². The number of esters is 1. The molecular weight excluding hydrogens is 543 g/mol. The van der Waals surface area contributed by atoms with Crippen LogP contribution >= 0.6 is 0 Å². The second-order valence-corrected chi connectivity index (χ2v) is 10.1. The summed E-state index contributed by atoms with van der Waals surface area (Å²) in [5.41, 5.74) is 8.45. The van der Waals surface area contributed by atoms with E-state index in [4.69, 9.17) is 19.9 Å². The minimum Gasteiger partial charge on any atom is -0.493 e. The molecule has 42 heavy (non-hydrogen) atoms. The van der Waals surface area contributed by atoms with Crippen molar-refractivity contribution in [3.8, 4) is 11.5 Å². The Hall–Kier alpha value is -4.71. The van der Waals surface area contributed by atoms with Crippen molar-refractivity contribution < 1.29 is 28.2 Å². The fourth-order valence-corrected chi connectivity index (χ4v) is 4.79. The molecule has 0 saturated heterocycles. The molecule has 0 aliphatic heterocycles. The smallest absolute Gasteiger partial charge is 0.323 e. The minimum atomic E-state index is -0.765. The van der Waals surface area contributed by atoms with Crippen molar-refractivity contribution in [2.75, 3.05) is 24.4 Å². The molecule has 1 saturated carbocycles. The maximum absolute atomic E-state index is 13.4. The Morgan fingerprint density at radius 1 is 1.14 bits per heavy atom. The van der Waals surface area contributed by atoms with Crippen molar-refractivity contribution in [2.24, 2.45) is 5.73 Å². The summed E-state index contributed by atoms with van der Waals surface area (Å²) in [5, 5.41) is 11.0. The molecule has 1 atom stereocenters. The van der Waals surface area contributed by atoms with Crippen LogP contribution in [0.3, 0.4) is 0 Å². The van der Waals surface area contributed by atoms with E-state index in [9.17, 15) is 14.0 Å². The number of nitrogens with zero attached hydrogens (tertiary/aromatic N) is 3. The normalized spacial score (nSPS) is 14.0. The zero-order valence-electron chi connectivity index (χ0n) is 23.2. The summed E-state index contributed by atoms with van der Waals surface area (Å²) >= 11 is 0. The van der Waals surface area contributed by atoms with E-state index in [-0.39, 0.29) is 25.2 Å². The molecule has 12 heteroatoms. The van der Waals surface area contributed by atoms with Gasteiger partial charge in [-0.25, -0.2) is 4.39 Å². The number of pyridine rings is 1. The van der Waals surface area contributed by atoms with Gasteiger partial charge in [0.05, 0.1) is 31.1 Å². The lowest BCUT2D eigenvalue weighted by atomic mass is 10.1. The number of aromatic nitrogens is 3. The number of nitrogens with two attached hydrogens (primary N) is 1. The first-order valence-corrected chi connectivity index (χ1v) is 13.8. The fraction of sp³-hybridized carbons (Fsp3) is 0.333. The Morgan fingerprint density at radius 2 is 1.98 bits per heavy atom. The van der Waals surface area contributed by atoms with E-state index in [1.807, 2.05) is 12.1 Å². The summed E-state index contributed by atoms with van der Waals surface area (Å²) in [6.45, 7) is 0.151. The highest BCUT2D eigenvalue weighted by Gasteiger charge is 2.23. The number of methoxy groups -OCH3 is 1. The Morgan fingerprint density at radius 3 is 2.76 bits per heavy atom. The topological polar surface area (TPSA) is 143 Å². The number of hydrogen-bond donors (Lipinski definition) is 3. The van der Waals surface area contributed by atoms with Gasteiger partial charge in [0.2, 0.25) is 5.91 Å². The highest BCUT2D eigenvalue weighted by Crippen LogP contribution is 2.35. The van der Waals surface area contributed by atoms with E-state index < -0.39 is 17.8 Å². The number of fused-ring (bicyclic) bond motifs is 1. The summed E-state index contributed by atoms with van der Waals surface area (Å²) in [6.07, 6.45) is 9.15. The Labute approximate surface area is 242 Å². The van der Waals surface area contributed by atoms with Crippen LogP contribution in [-0.2, 0) is 20.9 Å². The molecule has 0 radical (unpaired) electrons. The third kappa shape index (κ3) is 7.32. The molecule has 2 aromatic carbocycles. The Balaban J connectivity index is 1.20. The van der Waals surface area contributed by atoms with Crippen LogP contribution in [0.15, 0.2) is 61.1 Å². The average molecular weight is 577 g/mol. The predicted octanol–water partition coefficient (Wildman–Crippen LogP) is 4.54. The summed E-state index contributed by atoms with van der Waals surface area (Å²) < 4.78 is 31.8. The van der Waals surface area contributed by atoms with Crippen LogP contribution in [0.4, 0.5) is 21.5 Å². The van der Waals surface area contributed by atoms with Crippen LogP contribution in [0.25, 0.3) is 10.9 Å². The fourth-order valence-electron chi connectivity index (χ4n) is 4.79. The van der Waals surface area contributed by atoms with Gasteiger partial charge in [0.1, 0.15) is 24.5 Å². The lowest BCUT2D eigenvalue weighted by molar-refractivity contribution is -0.150. The van der Waals surface area contributed by atoms with Gasteiger partial charge in [-0.05, 0) is 56.0 Å². The van der Waals surface area contributed by atoms with Crippen LogP contribution < -0.4 is 25.8 Å². The van der Waals surface area contributed by atoms with Gasteiger partial charge in [0.15, 0.2) is 11.5 Å². The SMILES string of the molecule is COc1cc2c(Nc3cnn(CC(=O)Nc4cccc(F)c4)c3)ccnc2cc1OCCC(N)C(=O)OC1CCCC1. The Bertz CT molecular complexity index is 1550. The van der Waals surface area contributed by atoms with Gasteiger partial charge in [-0.1, -0.05) is 6.07 Å². The lowest BCUT2D eigenvalue weighted by Gasteiger charge is -2.17. The molecule has 4 N–H and O–H groups in total. The van der Waals surface area contributed by atoms with Gasteiger partial charge in [0.25, 0.3) is 0 Å². The van der Waals surface area contributed by atoms with Crippen molar-refractivity contribution in [1.82, 2.24) is 14.8 Å². The summed E-state index contributed by atoms with van der Waals surface area (Å²) in [4.78, 5) is 29.1. The predicted molar refractivity (Wildman–Crippen MR) is 155 cm³/mol. The highest BCUT2D eigenvalue weighted by atomic mass is 19.1. The van der Waals surface area contributed by atoms with Gasteiger partial charge in [-0.3, -0.25) is 19.3 Å². The van der Waals surface area contributed by atoms with Crippen LogP contribution in [0.5, 0.6) is 11.5 Å². The van der Waals surface area contributed by atoms with Crippen LogP contribution in [0.1, 0.15) is 32.1 Å². The molecule has 1 amide bonds. The van der Waals surface area contributed by atoms with E-state index in [1.54, 1.807) is 37.8 Å². The summed E-state index contributed by atoms with van der Waals surface area (Å²) in [5.74, 6) is -0.204. The number of halogens is 1. The van der Waals surface area contributed by atoms with Gasteiger partial charge >= 0.3 is 5.97 Å². The molecular formula is C30H33FN6O5. The minimum absolute atomic E-state index is 0.0282. The average Bonchev–Trinajstić information content (AvgIpc) is 3.64. The van der Waals surface area contributed by atoms with Crippen molar-refractivity contribution in [1.29, 1.82) is 0 Å². The largest absolute Gasteiger partial charge is 0.493 e. The molecule has 1 unspecified atom stereocenters. The molecule has 0 bridgehead atoms. The van der Waals surface area contributed by atoms with Crippen LogP contribution in [0, 0.1) is 5.82 Å². The molecule has 5 rings (SSSR count). The first-order chi connectivity index (χ1) is 20.4. The van der Waals surface area contributed by atoms with Crippen molar-refractivity contribution >= 4 is 39.8 Å². The number of rotatable bonds is 12.